The second-order valence-corrected chi connectivity index (χ2v) is 6.32. The van der Waals surface area contributed by atoms with Crippen LogP contribution in [0, 0.1) is 16.0 Å². The number of hydrogen-bond acceptors (Lipinski definition) is 5. The van der Waals surface area contributed by atoms with Gasteiger partial charge in [0.1, 0.15) is 0 Å². The number of hydrogen-bond donors (Lipinski definition) is 2. The molecular formula is C16H24N4O3. The van der Waals surface area contributed by atoms with Crippen LogP contribution in [0.15, 0.2) is 28.9 Å². The van der Waals surface area contributed by atoms with Crippen molar-refractivity contribution in [1.29, 1.82) is 0 Å². The predicted molar refractivity (Wildman–Crippen MR) is 88.4 cm³/mol. The Morgan fingerprint density at radius 3 is 2.91 bits per heavy atom. The molecule has 2 N–H and O–H groups in total. The molecule has 0 radical (unpaired) electrons. The molecular weight excluding hydrogens is 296 g/mol. The van der Waals surface area contributed by atoms with Gasteiger partial charge in [0.15, 0.2) is 5.82 Å². The van der Waals surface area contributed by atoms with E-state index >= 15 is 0 Å². The Morgan fingerprint density at radius 1 is 1.52 bits per heavy atom. The number of nitro groups is 1. The molecule has 0 fully saturated rings. The summed E-state index contributed by atoms with van der Waals surface area (Å²) in [4.78, 5) is 22.2. The lowest BCUT2D eigenvalue weighted by atomic mass is 9.91. The van der Waals surface area contributed by atoms with E-state index < -0.39 is 4.92 Å². The molecule has 1 aliphatic rings. The molecule has 126 valence electrons. The van der Waals surface area contributed by atoms with Gasteiger partial charge in [0.25, 0.3) is 6.20 Å². The van der Waals surface area contributed by atoms with Gasteiger partial charge in [-0.25, -0.2) is 0 Å². The fourth-order valence-electron chi connectivity index (χ4n) is 2.85. The van der Waals surface area contributed by atoms with Gasteiger partial charge in [-0.1, -0.05) is 13.8 Å². The van der Waals surface area contributed by atoms with Gasteiger partial charge in [-0.3, -0.25) is 14.9 Å². The topological polar surface area (TPSA) is 89.2 Å². The zero-order chi connectivity index (χ0) is 17.0. The summed E-state index contributed by atoms with van der Waals surface area (Å²) in [5.74, 6) is 0.793. The minimum absolute atomic E-state index is 0.0246. The molecule has 1 heterocycles. The maximum Gasteiger partial charge on any atom is 0.274 e. The maximum atomic E-state index is 11.8. The molecule has 2 rings (SSSR count). The van der Waals surface area contributed by atoms with Crippen molar-refractivity contribution in [3.05, 3.63) is 55.9 Å². The van der Waals surface area contributed by atoms with Crippen LogP contribution in [-0.2, 0) is 13.5 Å². The van der Waals surface area contributed by atoms with E-state index in [2.05, 4.69) is 10.6 Å². The molecule has 0 bridgehead atoms. The molecule has 0 saturated carbocycles. The van der Waals surface area contributed by atoms with Crippen molar-refractivity contribution in [2.45, 2.75) is 39.2 Å². The Morgan fingerprint density at radius 2 is 2.26 bits per heavy atom. The van der Waals surface area contributed by atoms with Gasteiger partial charge in [-0.15, -0.1) is 0 Å². The van der Waals surface area contributed by atoms with Gasteiger partial charge in [0.05, 0.1) is 11.0 Å². The van der Waals surface area contributed by atoms with Crippen molar-refractivity contribution in [1.82, 2.24) is 15.2 Å². The first kappa shape index (κ1) is 17.1. The van der Waals surface area contributed by atoms with Gasteiger partial charge < -0.3 is 15.2 Å². The van der Waals surface area contributed by atoms with Crippen molar-refractivity contribution in [3.8, 4) is 0 Å². The lowest BCUT2D eigenvalue weighted by Gasteiger charge is -2.29. The first-order valence-electron chi connectivity index (χ1n) is 7.93. The first-order valence-corrected chi connectivity index (χ1v) is 7.93. The van der Waals surface area contributed by atoms with Gasteiger partial charge >= 0.3 is 0 Å². The summed E-state index contributed by atoms with van der Waals surface area (Å²) in [7, 11) is 1.77. The second kappa shape index (κ2) is 7.30. The standard InChI is InChI=1S/C16H24N4O3/c1-11(2)9-17-15(10-20(22)23)18-13-5-4-6-14-12(13)7-8-16(21)19(14)3/h7-8,10-11,13,17-18H,4-6,9H2,1-3H3/b15-10+. The molecule has 0 spiro atoms. The Kier molecular flexibility index (Phi) is 5.41. The number of pyridine rings is 1. The van der Waals surface area contributed by atoms with Crippen LogP contribution in [0.25, 0.3) is 0 Å². The van der Waals surface area contributed by atoms with E-state index in [-0.39, 0.29) is 11.6 Å². The average molecular weight is 320 g/mol. The highest BCUT2D eigenvalue weighted by atomic mass is 16.6. The molecule has 1 aliphatic carbocycles. The summed E-state index contributed by atoms with van der Waals surface area (Å²) < 4.78 is 1.67. The van der Waals surface area contributed by atoms with E-state index in [0.717, 1.165) is 36.7 Å². The zero-order valence-electron chi connectivity index (χ0n) is 13.8. The average Bonchev–Trinajstić information content (AvgIpc) is 2.48. The van der Waals surface area contributed by atoms with E-state index in [1.54, 1.807) is 17.7 Å². The molecule has 1 atom stereocenters. The van der Waals surface area contributed by atoms with Crippen LogP contribution in [0.5, 0.6) is 0 Å². The first-order chi connectivity index (χ1) is 10.9. The van der Waals surface area contributed by atoms with Crippen LogP contribution >= 0.6 is 0 Å². The van der Waals surface area contributed by atoms with Crippen LogP contribution in [0.3, 0.4) is 0 Å². The van der Waals surface area contributed by atoms with Gasteiger partial charge in [-0.2, -0.15) is 0 Å². The predicted octanol–water partition coefficient (Wildman–Crippen LogP) is 1.67. The minimum atomic E-state index is -0.458. The van der Waals surface area contributed by atoms with Crippen molar-refractivity contribution in [3.63, 3.8) is 0 Å². The molecule has 0 amide bonds. The summed E-state index contributed by atoms with van der Waals surface area (Å²) in [5.41, 5.74) is 2.02. The summed E-state index contributed by atoms with van der Waals surface area (Å²) in [6.45, 7) is 4.74. The fraction of sp³-hybridized carbons (Fsp3) is 0.562. The number of rotatable bonds is 6. The summed E-state index contributed by atoms with van der Waals surface area (Å²) in [5, 5.41) is 17.2. The molecule has 23 heavy (non-hydrogen) atoms. The van der Waals surface area contributed by atoms with Crippen LogP contribution in [0.4, 0.5) is 0 Å². The number of nitrogens with one attached hydrogen (secondary N) is 2. The molecule has 1 unspecified atom stereocenters. The van der Waals surface area contributed by atoms with Crippen molar-refractivity contribution < 1.29 is 4.92 Å². The van der Waals surface area contributed by atoms with Crippen molar-refractivity contribution >= 4 is 0 Å². The third-order valence-electron chi connectivity index (χ3n) is 4.02. The number of aromatic nitrogens is 1. The number of fused-ring (bicyclic) bond motifs is 1. The molecule has 0 aliphatic heterocycles. The molecule has 7 heteroatoms. The molecule has 0 aromatic carbocycles. The van der Waals surface area contributed by atoms with E-state index in [1.165, 1.54) is 0 Å². The van der Waals surface area contributed by atoms with E-state index in [4.69, 9.17) is 0 Å². The Bertz CT molecular complexity index is 664. The third-order valence-corrected chi connectivity index (χ3v) is 4.02. The highest BCUT2D eigenvalue weighted by Gasteiger charge is 2.23. The Hall–Kier alpha value is -2.31. The Balaban J connectivity index is 2.24. The minimum Gasteiger partial charge on any atom is -0.366 e. The zero-order valence-corrected chi connectivity index (χ0v) is 13.8. The van der Waals surface area contributed by atoms with E-state index in [0.29, 0.717) is 18.3 Å². The van der Waals surface area contributed by atoms with E-state index in [1.807, 2.05) is 19.9 Å². The van der Waals surface area contributed by atoms with Crippen LogP contribution < -0.4 is 16.2 Å². The fourth-order valence-corrected chi connectivity index (χ4v) is 2.85. The monoisotopic (exact) mass is 320 g/mol. The highest BCUT2D eigenvalue weighted by molar-refractivity contribution is 5.28. The summed E-state index contributed by atoms with van der Waals surface area (Å²) in [6, 6.07) is 3.36. The van der Waals surface area contributed by atoms with Gasteiger partial charge in [0, 0.05) is 25.4 Å². The lowest BCUT2D eigenvalue weighted by Crippen LogP contribution is -2.35. The number of nitrogens with zero attached hydrogens (tertiary/aromatic N) is 2. The third kappa shape index (κ3) is 4.34. The van der Waals surface area contributed by atoms with Crippen LogP contribution in [0.2, 0.25) is 0 Å². The molecule has 7 nitrogen and oxygen atoms in total. The van der Waals surface area contributed by atoms with Gasteiger partial charge in [0.2, 0.25) is 5.56 Å². The summed E-state index contributed by atoms with van der Waals surface area (Å²) in [6.07, 6.45) is 3.65. The summed E-state index contributed by atoms with van der Waals surface area (Å²) >= 11 is 0. The van der Waals surface area contributed by atoms with Gasteiger partial charge in [-0.05, 0) is 36.8 Å². The normalized spacial score (nSPS) is 17.7. The van der Waals surface area contributed by atoms with Crippen molar-refractivity contribution in [2.75, 3.05) is 6.54 Å². The molecule has 0 saturated heterocycles. The second-order valence-electron chi connectivity index (χ2n) is 6.32. The smallest absolute Gasteiger partial charge is 0.274 e. The lowest BCUT2D eigenvalue weighted by molar-refractivity contribution is -0.404. The van der Waals surface area contributed by atoms with Crippen molar-refractivity contribution in [2.24, 2.45) is 13.0 Å². The Labute approximate surface area is 135 Å². The molecule has 1 aromatic rings. The van der Waals surface area contributed by atoms with Crippen LogP contribution in [0.1, 0.15) is 44.0 Å². The van der Waals surface area contributed by atoms with Crippen LogP contribution in [-0.4, -0.2) is 16.0 Å². The van der Waals surface area contributed by atoms with E-state index in [9.17, 15) is 14.9 Å². The quantitative estimate of drug-likeness (QED) is 0.615. The highest BCUT2D eigenvalue weighted by Crippen LogP contribution is 2.28. The SMILES string of the molecule is CC(C)CN/C(=C\[N+](=O)[O-])NC1CCCc2c1ccc(=O)n2C. The molecule has 1 aromatic heterocycles. The largest absolute Gasteiger partial charge is 0.366 e. The maximum absolute atomic E-state index is 11.8.